The van der Waals surface area contributed by atoms with Gasteiger partial charge in [-0.25, -0.2) is 32.5 Å². The van der Waals surface area contributed by atoms with Crippen LogP contribution in [0.2, 0.25) is 0 Å². The van der Waals surface area contributed by atoms with Crippen LogP contribution in [0.25, 0.3) is 4.96 Å². The number of anilines is 1. The summed E-state index contributed by atoms with van der Waals surface area (Å²) in [7, 11) is -7.73. The van der Waals surface area contributed by atoms with Gasteiger partial charge in [-0.1, -0.05) is 0 Å². The molecule has 13 heteroatoms. The molecule has 112 valence electrons. The number of rotatable bonds is 6. The Balaban J connectivity index is 2.33. The topological polar surface area (TPSA) is 162 Å². The summed E-state index contributed by atoms with van der Waals surface area (Å²) in [6.07, 6.45) is 1.52. The number of thiazole rings is 1. The average Bonchev–Trinajstić information content (AvgIpc) is 2.84. The van der Waals surface area contributed by atoms with E-state index in [1.165, 1.54) is 21.9 Å². The number of nitrogens with zero attached hydrogens (tertiary/aromatic N) is 2. The van der Waals surface area contributed by atoms with Gasteiger partial charge in [0, 0.05) is 18.1 Å². The Morgan fingerprint density at radius 1 is 1.35 bits per heavy atom. The SMILES string of the molecule is NNc1nc2sccn2c1S(=O)(=O)NCCS(N)(=O)=O. The van der Waals surface area contributed by atoms with Crippen LogP contribution in [0.15, 0.2) is 16.6 Å². The van der Waals surface area contributed by atoms with Gasteiger partial charge < -0.3 is 5.43 Å². The molecule has 2 rings (SSSR count). The molecule has 0 aliphatic carbocycles. The Bertz CT molecular complexity index is 820. The number of nitrogen functional groups attached to an aromatic ring is 1. The third-order valence-electron chi connectivity index (χ3n) is 2.29. The van der Waals surface area contributed by atoms with E-state index in [0.29, 0.717) is 4.96 Å². The van der Waals surface area contributed by atoms with Gasteiger partial charge in [0.25, 0.3) is 10.0 Å². The molecular formula is C7H12N6O4S3. The van der Waals surface area contributed by atoms with Crippen LogP contribution in [-0.2, 0) is 20.0 Å². The van der Waals surface area contributed by atoms with Crippen LogP contribution in [0, 0.1) is 0 Å². The third-order valence-corrected chi connectivity index (χ3v) is 5.30. The number of nitrogens with two attached hydrogens (primary N) is 2. The smallest absolute Gasteiger partial charge is 0.260 e. The fourth-order valence-electron chi connectivity index (χ4n) is 1.50. The van der Waals surface area contributed by atoms with E-state index in [9.17, 15) is 16.8 Å². The molecule has 0 saturated heterocycles. The van der Waals surface area contributed by atoms with Gasteiger partial charge in [0.05, 0.1) is 5.75 Å². The average molecular weight is 340 g/mol. The lowest BCUT2D eigenvalue weighted by atomic mass is 10.7. The second-order valence-corrected chi connectivity index (χ2v) is 8.02. The first kappa shape index (κ1) is 15.1. The highest BCUT2D eigenvalue weighted by Gasteiger charge is 2.25. The lowest BCUT2D eigenvalue weighted by Crippen LogP contribution is -2.32. The van der Waals surface area contributed by atoms with Crippen molar-refractivity contribution in [3.05, 3.63) is 11.6 Å². The first-order chi connectivity index (χ1) is 9.24. The van der Waals surface area contributed by atoms with E-state index >= 15 is 0 Å². The molecular weight excluding hydrogens is 328 g/mol. The van der Waals surface area contributed by atoms with Gasteiger partial charge in [0.1, 0.15) is 0 Å². The maximum Gasteiger partial charge on any atom is 0.260 e. The highest BCUT2D eigenvalue weighted by atomic mass is 32.2. The Hall–Kier alpha value is -1.25. The van der Waals surface area contributed by atoms with Gasteiger partial charge in [-0.2, -0.15) is 4.98 Å². The number of sulfonamides is 2. The highest BCUT2D eigenvalue weighted by Crippen LogP contribution is 2.24. The van der Waals surface area contributed by atoms with Gasteiger partial charge in [-0.3, -0.25) is 4.40 Å². The quantitative estimate of drug-likeness (QED) is 0.358. The second-order valence-electron chi connectivity index (χ2n) is 3.73. The maximum absolute atomic E-state index is 12.2. The van der Waals surface area contributed by atoms with Crippen LogP contribution in [-0.4, -0.2) is 38.5 Å². The number of primary sulfonamides is 1. The number of hydrogen-bond donors (Lipinski definition) is 4. The predicted octanol–water partition coefficient (Wildman–Crippen LogP) is -1.75. The summed E-state index contributed by atoms with van der Waals surface area (Å²) in [6.45, 7) is -0.345. The zero-order valence-corrected chi connectivity index (χ0v) is 12.4. The van der Waals surface area contributed by atoms with Crippen molar-refractivity contribution in [2.24, 2.45) is 11.0 Å². The monoisotopic (exact) mass is 340 g/mol. The molecule has 0 saturated carbocycles. The molecule has 0 aromatic carbocycles. The molecule has 0 aliphatic heterocycles. The predicted molar refractivity (Wildman–Crippen MR) is 74.0 cm³/mol. The van der Waals surface area contributed by atoms with Gasteiger partial charge in [0.15, 0.2) is 10.8 Å². The van der Waals surface area contributed by atoms with Crippen molar-refractivity contribution >= 4 is 42.2 Å². The van der Waals surface area contributed by atoms with Crippen LogP contribution in [0.1, 0.15) is 0 Å². The van der Waals surface area contributed by atoms with E-state index in [-0.39, 0.29) is 17.4 Å². The molecule has 0 atom stereocenters. The lowest BCUT2D eigenvalue weighted by Gasteiger charge is -2.06. The molecule has 0 bridgehead atoms. The van der Waals surface area contributed by atoms with Crippen molar-refractivity contribution in [2.75, 3.05) is 17.7 Å². The third kappa shape index (κ3) is 3.08. The first-order valence-electron chi connectivity index (χ1n) is 5.17. The van der Waals surface area contributed by atoms with Crippen molar-refractivity contribution in [1.82, 2.24) is 14.1 Å². The normalized spacial score (nSPS) is 12.9. The summed E-state index contributed by atoms with van der Waals surface area (Å²) in [5, 5.41) is 6.27. The van der Waals surface area contributed by atoms with Crippen molar-refractivity contribution in [1.29, 1.82) is 0 Å². The number of nitrogens with one attached hydrogen (secondary N) is 2. The zero-order valence-electron chi connectivity index (χ0n) is 9.98. The summed E-state index contributed by atoms with van der Waals surface area (Å²) < 4.78 is 49.4. The van der Waals surface area contributed by atoms with Crippen LogP contribution in [0.3, 0.4) is 0 Å². The van der Waals surface area contributed by atoms with E-state index < -0.39 is 25.8 Å². The van der Waals surface area contributed by atoms with Crippen molar-refractivity contribution in [3.63, 3.8) is 0 Å². The van der Waals surface area contributed by atoms with E-state index in [1.54, 1.807) is 5.38 Å². The highest BCUT2D eigenvalue weighted by molar-refractivity contribution is 7.90. The molecule has 0 amide bonds. The van der Waals surface area contributed by atoms with Crippen molar-refractivity contribution < 1.29 is 16.8 Å². The van der Waals surface area contributed by atoms with E-state index in [0.717, 1.165) is 0 Å². The minimum absolute atomic E-state index is 0.0278. The van der Waals surface area contributed by atoms with Crippen LogP contribution in [0.5, 0.6) is 0 Å². The number of imidazole rings is 1. The van der Waals surface area contributed by atoms with Gasteiger partial charge >= 0.3 is 0 Å². The first-order valence-corrected chi connectivity index (χ1v) is 9.25. The molecule has 2 heterocycles. The van der Waals surface area contributed by atoms with Gasteiger partial charge in [-0.05, 0) is 0 Å². The Labute approximate surface area is 118 Å². The molecule has 2 aromatic rings. The fourth-order valence-corrected chi connectivity index (χ4v) is 4.06. The molecule has 6 N–H and O–H groups in total. The van der Waals surface area contributed by atoms with Crippen molar-refractivity contribution in [3.8, 4) is 0 Å². The number of aromatic nitrogens is 2. The largest absolute Gasteiger partial charge is 0.306 e. The van der Waals surface area contributed by atoms with E-state index in [2.05, 4.69) is 15.1 Å². The molecule has 0 spiro atoms. The number of hydrogen-bond acceptors (Lipinski definition) is 8. The standard InChI is InChI=1S/C7H12N6O4S3/c8-12-5-6(13-2-3-18-7(13)11-5)20(16,17)10-1-4-19(9,14)15/h2-3,10,12H,1,4,8H2,(H2,9,14,15). The zero-order chi connectivity index (χ0) is 15.0. The molecule has 10 nitrogen and oxygen atoms in total. The molecule has 0 unspecified atom stereocenters. The number of fused-ring (bicyclic) bond motifs is 1. The molecule has 0 fully saturated rings. The summed E-state index contributed by atoms with van der Waals surface area (Å²) in [4.78, 5) is 4.43. The lowest BCUT2D eigenvalue weighted by molar-refractivity contribution is 0.577. The fraction of sp³-hybridized carbons (Fsp3) is 0.286. The van der Waals surface area contributed by atoms with E-state index in [4.69, 9.17) is 11.0 Å². The summed E-state index contributed by atoms with van der Waals surface area (Å²) >= 11 is 1.23. The number of hydrazine groups is 1. The second kappa shape index (κ2) is 5.27. The van der Waals surface area contributed by atoms with E-state index in [1.807, 2.05) is 0 Å². The van der Waals surface area contributed by atoms with Crippen LogP contribution >= 0.6 is 11.3 Å². The van der Waals surface area contributed by atoms with Crippen molar-refractivity contribution in [2.45, 2.75) is 5.03 Å². The van der Waals surface area contributed by atoms with Crippen LogP contribution in [0.4, 0.5) is 5.82 Å². The summed E-state index contributed by atoms with van der Waals surface area (Å²) in [5.41, 5.74) is 2.20. The molecule has 2 aromatic heterocycles. The Morgan fingerprint density at radius 3 is 2.65 bits per heavy atom. The van der Waals surface area contributed by atoms with Gasteiger partial charge in [-0.15, -0.1) is 11.3 Å². The van der Waals surface area contributed by atoms with Crippen LogP contribution < -0.4 is 21.1 Å². The van der Waals surface area contributed by atoms with Gasteiger partial charge in [0.2, 0.25) is 15.0 Å². The summed E-state index contributed by atoms with van der Waals surface area (Å²) in [5.74, 6) is 4.70. The Kier molecular flexibility index (Phi) is 3.99. The minimum Gasteiger partial charge on any atom is -0.306 e. The maximum atomic E-state index is 12.2. The minimum atomic E-state index is -3.98. The molecule has 0 radical (unpaired) electrons. The molecule has 0 aliphatic rings. The Morgan fingerprint density at radius 2 is 2.05 bits per heavy atom. The molecule has 20 heavy (non-hydrogen) atoms. The summed E-state index contributed by atoms with van der Waals surface area (Å²) in [6, 6.07) is 0.